The number of nitrogen functional groups attached to an aromatic ring is 1. The number of primary amides is 1. The fourth-order valence-corrected chi connectivity index (χ4v) is 2.25. The molecule has 0 aliphatic carbocycles. The van der Waals surface area contributed by atoms with Crippen molar-refractivity contribution in [2.75, 3.05) is 25.4 Å². The van der Waals surface area contributed by atoms with Crippen molar-refractivity contribution in [3.05, 3.63) is 29.3 Å². The van der Waals surface area contributed by atoms with E-state index in [1.54, 1.807) is 12.1 Å². The molecular formula is C13H17N3O2. The van der Waals surface area contributed by atoms with Crippen LogP contribution in [0.4, 0.5) is 5.69 Å². The van der Waals surface area contributed by atoms with E-state index in [4.69, 9.17) is 11.5 Å². The van der Waals surface area contributed by atoms with Gasteiger partial charge in [0.15, 0.2) is 5.78 Å². The smallest absolute Gasteiger partial charge is 0.250 e. The molecule has 1 amide bonds. The number of para-hydroxylation sites is 1. The van der Waals surface area contributed by atoms with E-state index in [0.717, 1.165) is 25.9 Å². The third kappa shape index (κ3) is 2.51. The molecule has 0 spiro atoms. The molecule has 1 fully saturated rings. The number of ketones is 1. The van der Waals surface area contributed by atoms with Gasteiger partial charge in [-0.1, -0.05) is 6.07 Å². The molecule has 5 nitrogen and oxygen atoms in total. The van der Waals surface area contributed by atoms with E-state index >= 15 is 0 Å². The fraction of sp³-hybridized carbons (Fsp3) is 0.385. The van der Waals surface area contributed by atoms with Crippen LogP contribution in [0.2, 0.25) is 0 Å². The summed E-state index contributed by atoms with van der Waals surface area (Å²) in [5, 5.41) is 0. The summed E-state index contributed by atoms with van der Waals surface area (Å²) in [5.74, 6) is -0.666. The lowest BCUT2D eigenvalue weighted by Crippen LogP contribution is -2.27. The van der Waals surface area contributed by atoms with Crippen molar-refractivity contribution in [1.29, 1.82) is 0 Å². The Labute approximate surface area is 106 Å². The molecule has 0 radical (unpaired) electrons. The number of benzene rings is 1. The summed E-state index contributed by atoms with van der Waals surface area (Å²) in [6.07, 6.45) is 2.26. The topological polar surface area (TPSA) is 89.4 Å². The lowest BCUT2D eigenvalue weighted by atomic mass is 10.0. The van der Waals surface area contributed by atoms with E-state index in [2.05, 4.69) is 4.90 Å². The number of likely N-dealkylation sites (tertiary alicyclic amines) is 1. The third-order valence-electron chi connectivity index (χ3n) is 3.24. The number of nitrogens with two attached hydrogens (primary N) is 2. The molecule has 1 saturated heterocycles. The Morgan fingerprint density at radius 2 is 1.78 bits per heavy atom. The van der Waals surface area contributed by atoms with Gasteiger partial charge in [-0.15, -0.1) is 0 Å². The molecule has 0 atom stereocenters. The standard InChI is InChI=1S/C13H17N3O2/c14-12-9(4-3-5-10(12)13(15)18)11(17)8-16-6-1-2-7-16/h3-5H,1-2,6-8,14H2,(H2,15,18). The molecule has 0 aromatic heterocycles. The van der Waals surface area contributed by atoms with Crippen LogP contribution in [0.25, 0.3) is 0 Å². The van der Waals surface area contributed by atoms with E-state index in [1.807, 2.05) is 0 Å². The quantitative estimate of drug-likeness (QED) is 0.603. The first-order chi connectivity index (χ1) is 8.59. The van der Waals surface area contributed by atoms with Crippen LogP contribution in [0.15, 0.2) is 18.2 Å². The van der Waals surface area contributed by atoms with Crippen LogP contribution in [-0.2, 0) is 0 Å². The van der Waals surface area contributed by atoms with Gasteiger partial charge in [0.1, 0.15) is 0 Å². The van der Waals surface area contributed by atoms with Crippen LogP contribution in [0.1, 0.15) is 33.6 Å². The monoisotopic (exact) mass is 247 g/mol. The van der Waals surface area contributed by atoms with Crippen LogP contribution in [0.3, 0.4) is 0 Å². The average molecular weight is 247 g/mol. The van der Waals surface area contributed by atoms with Crippen molar-refractivity contribution in [3.63, 3.8) is 0 Å². The average Bonchev–Trinajstić information content (AvgIpc) is 2.81. The zero-order valence-corrected chi connectivity index (χ0v) is 10.2. The summed E-state index contributed by atoms with van der Waals surface area (Å²) in [7, 11) is 0. The second-order valence-electron chi connectivity index (χ2n) is 4.54. The van der Waals surface area contributed by atoms with Crippen molar-refractivity contribution in [1.82, 2.24) is 4.90 Å². The number of amides is 1. The van der Waals surface area contributed by atoms with Crippen LogP contribution in [0.5, 0.6) is 0 Å². The lowest BCUT2D eigenvalue weighted by Gasteiger charge is -2.14. The number of carbonyl (C=O) groups is 2. The molecule has 1 aliphatic rings. The Kier molecular flexibility index (Phi) is 3.62. The summed E-state index contributed by atoms with van der Waals surface area (Å²) in [4.78, 5) is 25.4. The predicted molar refractivity (Wildman–Crippen MR) is 69.4 cm³/mol. The van der Waals surface area contributed by atoms with Gasteiger partial charge in [0, 0.05) is 5.56 Å². The van der Waals surface area contributed by atoms with Crippen molar-refractivity contribution >= 4 is 17.4 Å². The maximum Gasteiger partial charge on any atom is 0.250 e. The molecule has 5 heteroatoms. The zero-order chi connectivity index (χ0) is 13.1. The first-order valence-corrected chi connectivity index (χ1v) is 6.03. The zero-order valence-electron chi connectivity index (χ0n) is 10.2. The number of carbonyl (C=O) groups excluding carboxylic acids is 2. The first kappa shape index (κ1) is 12.6. The number of anilines is 1. The highest BCUT2D eigenvalue weighted by Crippen LogP contribution is 2.19. The molecule has 1 aliphatic heterocycles. The molecule has 96 valence electrons. The van der Waals surface area contributed by atoms with Gasteiger partial charge < -0.3 is 11.5 Å². The van der Waals surface area contributed by atoms with E-state index in [1.165, 1.54) is 6.07 Å². The van der Waals surface area contributed by atoms with Gasteiger partial charge in [0.2, 0.25) is 0 Å². The number of Topliss-reactive ketones (excluding diaryl/α,β-unsaturated/α-hetero) is 1. The molecule has 0 unspecified atom stereocenters. The van der Waals surface area contributed by atoms with Crippen LogP contribution in [-0.4, -0.2) is 36.2 Å². The minimum Gasteiger partial charge on any atom is -0.397 e. The fourth-order valence-electron chi connectivity index (χ4n) is 2.25. The molecule has 1 aromatic rings. The molecule has 0 bridgehead atoms. The van der Waals surface area contributed by atoms with E-state index in [-0.39, 0.29) is 17.0 Å². The highest BCUT2D eigenvalue weighted by molar-refractivity contribution is 6.08. The maximum atomic E-state index is 12.1. The molecule has 18 heavy (non-hydrogen) atoms. The van der Waals surface area contributed by atoms with Gasteiger partial charge >= 0.3 is 0 Å². The molecule has 2 rings (SSSR count). The second-order valence-corrected chi connectivity index (χ2v) is 4.54. The van der Waals surface area contributed by atoms with Gasteiger partial charge in [0.25, 0.3) is 5.91 Å². The molecule has 0 saturated carbocycles. The summed E-state index contributed by atoms with van der Waals surface area (Å²) in [5.41, 5.74) is 11.8. The summed E-state index contributed by atoms with van der Waals surface area (Å²) >= 11 is 0. The van der Waals surface area contributed by atoms with Gasteiger partial charge in [-0.05, 0) is 38.1 Å². The van der Waals surface area contributed by atoms with Gasteiger partial charge in [0.05, 0.1) is 17.8 Å². The second kappa shape index (κ2) is 5.18. The Hall–Kier alpha value is -1.88. The van der Waals surface area contributed by atoms with E-state index in [0.29, 0.717) is 12.1 Å². The number of hydrogen-bond acceptors (Lipinski definition) is 4. The summed E-state index contributed by atoms with van der Waals surface area (Å²) in [6.45, 7) is 2.24. The predicted octanol–water partition coefficient (Wildman–Crippen LogP) is 0.646. The Morgan fingerprint density at radius 1 is 1.17 bits per heavy atom. The van der Waals surface area contributed by atoms with Gasteiger partial charge in [-0.25, -0.2) is 0 Å². The highest BCUT2D eigenvalue weighted by Gasteiger charge is 2.19. The molecule has 1 heterocycles. The van der Waals surface area contributed by atoms with Crippen molar-refractivity contribution in [2.24, 2.45) is 5.73 Å². The Balaban J connectivity index is 2.19. The number of nitrogens with zero attached hydrogens (tertiary/aromatic N) is 1. The van der Waals surface area contributed by atoms with Crippen LogP contribution in [0, 0.1) is 0 Å². The highest BCUT2D eigenvalue weighted by atomic mass is 16.1. The SMILES string of the molecule is NC(=O)c1cccc(C(=O)CN2CCCC2)c1N. The van der Waals surface area contributed by atoms with Crippen molar-refractivity contribution < 1.29 is 9.59 Å². The normalized spacial score (nSPS) is 15.8. The minimum atomic E-state index is -0.608. The molecular weight excluding hydrogens is 230 g/mol. The van der Waals surface area contributed by atoms with Crippen molar-refractivity contribution in [3.8, 4) is 0 Å². The van der Waals surface area contributed by atoms with Gasteiger partial charge in [-0.2, -0.15) is 0 Å². The lowest BCUT2D eigenvalue weighted by molar-refractivity contribution is 0.0946. The Morgan fingerprint density at radius 3 is 2.39 bits per heavy atom. The minimum absolute atomic E-state index is 0.0579. The molecule has 4 N–H and O–H groups in total. The maximum absolute atomic E-state index is 12.1. The van der Waals surface area contributed by atoms with Crippen LogP contribution >= 0.6 is 0 Å². The summed E-state index contributed by atoms with van der Waals surface area (Å²) < 4.78 is 0. The third-order valence-corrected chi connectivity index (χ3v) is 3.24. The van der Waals surface area contributed by atoms with E-state index in [9.17, 15) is 9.59 Å². The number of hydrogen-bond donors (Lipinski definition) is 2. The largest absolute Gasteiger partial charge is 0.397 e. The summed E-state index contributed by atoms with van der Waals surface area (Å²) in [6, 6.07) is 4.80. The number of rotatable bonds is 4. The Bertz CT molecular complexity index is 479. The van der Waals surface area contributed by atoms with Gasteiger partial charge in [-0.3, -0.25) is 14.5 Å². The molecule has 1 aromatic carbocycles. The van der Waals surface area contributed by atoms with Crippen molar-refractivity contribution in [2.45, 2.75) is 12.8 Å². The van der Waals surface area contributed by atoms with Crippen LogP contribution < -0.4 is 11.5 Å². The first-order valence-electron chi connectivity index (χ1n) is 6.03. The van der Waals surface area contributed by atoms with E-state index < -0.39 is 5.91 Å².